The second kappa shape index (κ2) is 10.3. The van der Waals surface area contributed by atoms with Gasteiger partial charge in [0.1, 0.15) is 17.2 Å². The molecule has 0 bridgehead atoms. The lowest BCUT2D eigenvalue weighted by molar-refractivity contribution is -0.113. The number of nitrogens with zero attached hydrogens (tertiary/aromatic N) is 3. The van der Waals surface area contributed by atoms with Crippen LogP contribution in [-0.4, -0.2) is 33.6 Å². The molecular formula is C23H20ClN5O3S. The van der Waals surface area contributed by atoms with Gasteiger partial charge in [-0.1, -0.05) is 35.5 Å². The molecule has 0 radical (unpaired) electrons. The summed E-state index contributed by atoms with van der Waals surface area (Å²) >= 11 is 7.30. The molecule has 168 valence electrons. The molecule has 0 aliphatic rings. The quantitative estimate of drug-likeness (QED) is 0.274. The fraction of sp³-hybridized carbons (Fsp3) is 0.0870. The van der Waals surface area contributed by atoms with Gasteiger partial charge in [-0.05, 0) is 60.7 Å². The number of methoxy groups -OCH3 is 1. The number of carbonyl (C=O) groups excluding carboxylic acids is 1. The number of nitrogen functional groups attached to an aromatic ring is 1. The highest BCUT2D eigenvalue weighted by Crippen LogP contribution is 2.29. The van der Waals surface area contributed by atoms with Crippen molar-refractivity contribution in [2.45, 2.75) is 5.16 Å². The maximum atomic E-state index is 12.4. The second-order valence-electron chi connectivity index (χ2n) is 6.80. The van der Waals surface area contributed by atoms with E-state index in [0.29, 0.717) is 33.2 Å². The summed E-state index contributed by atoms with van der Waals surface area (Å²) in [5.41, 5.74) is 1.43. The second-order valence-corrected chi connectivity index (χ2v) is 8.15. The zero-order chi connectivity index (χ0) is 23.2. The van der Waals surface area contributed by atoms with Gasteiger partial charge in [-0.25, -0.2) is 4.68 Å². The molecule has 0 fully saturated rings. The number of benzene rings is 3. The molecule has 3 N–H and O–H groups in total. The third-order valence-electron chi connectivity index (χ3n) is 4.55. The van der Waals surface area contributed by atoms with E-state index in [1.807, 2.05) is 36.4 Å². The highest BCUT2D eigenvalue weighted by molar-refractivity contribution is 7.99. The first-order chi connectivity index (χ1) is 16.0. The predicted octanol–water partition coefficient (Wildman–Crippen LogP) is 4.84. The molecular weight excluding hydrogens is 462 g/mol. The van der Waals surface area contributed by atoms with E-state index in [4.69, 9.17) is 26.9 Å². The fourth-order valence-corrected chi connectivity index (χ4v) is 3.73. The van der Waals surface area contributed by atoms with E-state index in [0.717, 1.165) is 11.3 Å². The smallest absolute Gasteiger partial charge is 0.234 e. The van der Waals surface area contributed by atoms with Crippen LogP contribution in [0.25, 0.3) is 11.4 Å². The largest absolute Gasteiger partial charge is 0.497 e. The normalized spacial score (nSPS) is 10.6. The number of hydrogen-bond acceptors (Lipinski definition) is 7. The highest BCUT2D eigenvalue weighted by atomic mass is 35.5. The van der Waals surface area contributed by atoms with Crippen LogP contribution in [0.2, 0.25) is 5.02 Å². The van der Waals surface area contributed by atoms with E-state index in [2.05, 4.69) is 15.5 Å². The predicted molar refractivity (Wildman–Crippen MR) is 129 cm³/mol. The minimum atomic E-state index is -0.200. The number of thioether (sulfide) groups is 1. The fourth-order valence-electron chi connectivity index (χ4n) is 2.90. The van der Waals surface area contributed by atoms with Crippen LogP contribution in [0.5, 0.6) is 17.2 Å². The van der Waals surface area contributed by atoms with E-state index < -0.39 is 0 Å². The molecule has 4 aromatic rings. The Balaban J connectivity index is 1.32. The van der Waals surface area contributed by atoms with Gasteiger partial charge in [-0.2, -0.15) is 0 Å². The molecule has 0 spiro atoms. The van der Waals surface area contributed by atoms with Crippen molar-refractivity contribution in [2.75, 3.05) is 24.0 Å². The van der Waals surface area contributed by atoms with E-state index in [9.17, 15) is 4.79 Å². The standard InChI is InChI=1S/C23H20ClN5O3S/c1-31-17-10-6-15(7-11-17)22-27-28-23(29(22)25)33-14-21(30)26-16-8-12-18(13-9-16)32-20-5-3-2-4-19(20)24/h2-13H,14,25H2,1H3,(H,26,30). The topological polar surface area (TPSA) is 104 Å². The van der Waals surface area contributed by atoms with Gasteiger partial charge >= 0.3 is 0 Å². The van der Waals surface area contributed by atoms with Crippen molar-refractivity contribution in [2.24, 2.45) is 0 Å². The molecule has 8 nitrogen and oxygen atoms in total. The highest BCUT2D eigenvalue weighted by Gasteiger charge is 2.14. The summed E-state index contributed by atoms with van der Waals surface area (Å²) in [6.07, 6.45) is 0. The molecule has 0 atom stereocenters. The number of carbonyl (C=O) groups is 1. The summed E-state index contributed by atoms with van der Waals surface area (Å²) < 4.78 is 12.3. The molecule has 1 amide bonds. The van der Waals surface area contributed by atoms with Gasteiger partial charge < -0.3 is 20.6 Å². The average molecular weight is 482 g/mol. The number of anilines is 1. The molecule has 0 unspecified atom stereocenters. The van der Waals surface area contributed by atoms with Gasteiger partial charge in [-0.3, -0.25) is 4.79 Å². The third kappa shape index (κ3) is 5.57. The summed E-state index contributed by atoms with van der Waals surface area (Å²) in [6.45, 7) is 0. The Morgan fingerprint density at radius 1 is 1.03 bits per heavy atom. The van der Waals surface area contributed by atoms with Gasteiger partial charge in [0, 0.05) is 11.3 Å². The molecule has 0 saturated heterocycles. The van der Waals surface area contributed by atoms with Gasteiger partial charge in [-0.15, -0.1) is 10.2 Å². The van der Waals surface area contributed by atoms with Gasteiger partial charge in [0.25, 0.3) is 0 Å². The Hall–Kier alpha value is -3.69. The van der Waals surface area contributed by atoms with Crippen molar-refractivity contribution in [3.8, 4) is 28.6 Å². The summed E-state index contributed by atoms with van der Waals surface area (Å²) in [7, 11) is 1.60. The average Bonchev–Trinajstić information content (AvgIpc) is 3.20. The Labute approximate surface area is 199 Å². The summed E-state index contributed by atoms with van der Waals surface area (Å²) in [6, 6.07) is 21.5. The monoisotopic (exact) mass is 481 g/mol. The van der Waals surface area contributed by atoms with Crippen molar-refractivity contribution in [3.05, 3.63) is 77.8 Å². The molecule has 3 aromatic carbocycles. The molecule has 0 aliphatic heterocycles. The first kappa shape index (κ1) is 22.5. The number of ether oxygens (including phenoxy) is 2. The van der Waals surface area contributed by atoms with Crippen LogP contribution in [-0.2, 0) is 4.79 Å². The SMILES string of the molecule is COc1ccc(-c2nnc(SCC(=O)Nc3ccc(Oc4ccccc4Cl)cc3)n2N)cc1. The lowest BCUT2D eigenvalue weighted by atomic mass is 10.2. The van der Waals surface area contributed by atoms with Crippen LogP contribution >= 0.6 is 23.4 Å². The minimum absolute atomic E-state index is 0.121. The third-order valence-corrected chi connectivity index (χ3v) is 5.80. The molecule has 0 aliphatic carbocycles. The van der Waals surface area contributed by atoms with Crippen molar-refractivity contribution >= 4 is 35.0 Å². The van der Waals surface area contributed by atoms with Crippen LogP contribution in [0.1, 0.15) is 0 Å². The molecule has 1 heterocycles. The number of hydrogen-bond donors (Lipinski definition) is 2. The first-order valence-corrected chi connectivity index (χ1v) is 11.2. The zero-order valence-corrected chi connectivity index (χ0v) is 19.1. The molecule has 1 aromatic heterocycles. The van der Waals surface area contributed by atoms with Crippen molar-refractivity contribution in [1.82, 2.24) is 14.9 Å². The Morgan fingerprint density at radius 2 is 1.73 bits per heavy atom. The zero-order valence-electron chi connectivity index (χ0n) is 17.6. The van der Waals surface area contributed by atoms with Gasteiger partial charge in [0.2, 0.25) is 11.1 Å². The van der Waals surface area contributed by atoms with E-state index in [1.54, 1.807) is 43.5 Å². The summed E-state index contributed by atoms with van der Waals surface area (Å²) in [5, 5.41) is 12.0. The Bertz CT molecular complexity index is 1250. The lowest BCUT2D eigenvalue weighted by Crippen LogP contribution is -2.16. The number of nitrogens with two attached hydrogens (primary N) is 1. The molecule has 0 saturated carbocycles. The van der Waals surface area contributed by atoms with Crippen LogP contribution in [0.4, 0.5) is 5.69 Å². The van der Waals surface area contributed by atoms with Crippen LogP contribution in [0, 0.1) is 0 Å². The maximum Gasteiger partial charge on any atom is 0.234 e. The van der Waals surface area contributed by atoms with Gasteiger partial charge in [0.15, 0.2) is 5.82 Å². The number of nitrogens with one attached hydrogen (secondary N) is 1. The minimum Gasteiger partial charge on any atom is -0.497 e. The van der Waals surface area contributed by atoms with E-state index >= 15 is 0 Å². The van der Waals surface area contributed by atoms with Crippen LogP contribution < -0.4 is 20.6 Å². The molecule has 10 heteroatoms. The Kier molecular flexibility index (Phi) is 7.01. The Morgan fingerprint density at radius 3 is 2.42 bits per heavy atom. The van der Waals surface area contributed by atoms with Crippen molar-refractivity contribution in [3.63, 3.8) is 0 Å². The molecule has 4 rings (SSSR count). The molecule has 33 heavy (non-hydrogen) atoms. The van der Waals surface area contributed by atoms with Crippen LogP contribution in [0.15, 0.2) is 78.0 Å². The number of rotatable bonds is 8. The number of halogens is 1. The maximum absolute atomic E-state index is 12.4. The number of para-hydroxylation sites is 1. The van der Waals surface area contributed by atoms with E-state index in [1.165, 1.54) is 16.4 Å². The lowest BCUT2D eigenvalue weighted by Gasteiger charge is -2.09. The summed E-state index contributed by atoms with van der Waals surface area (Å²) in [5.74, 6) is 8.44. The van der Waals surface area contributed by atoms with Crippen molar-refractivity contribution < 1.29 is 14.3 Å². The summed E-state index contributed by atoms with van der Waals surface area (Å²) in [4.78, 5) is 12.4. The number of amides is 1. The first-order valence-electron chi connectivity index (χ1n) is 9.83. The van der Waals surface area contributed by atoms with Crippen LogP contribution in [0.3, 0.4) is 0 Å². The van der Waals surface area contributed by atoms with E-state index in [-0.39, 0.29) is 11.7 Å². The van der Waals surface area contributed by atoms with Crippen molar-refractivity contribution in [1.29, 1.82) is 0 Å². The number of aromatic nitrogens is 3. The van der Waals surface area contributed by atoms with Gasteiger partial charge in [0.05, 0.1) is 17.9 Å².